The van der Waals surface area contributed by atoms with Crippen LogP contribution in [0.25, 0.3) is 21.2 Å². The first-order valence-corrected chi connectivity index (χ1v) is 12.8. The minimum absolute atomic E-state index is 0.00358. The fraction of sp³-hybridized carbons (Fsp3) is 0.138. The fourth-order valence-corrected chi connectivity index (χ4v) is 5.76. The molecule has 1 unspecified atom stereocenters. The lowest BCUT2D eigenvalue weighted by Crippen LogP contribution is -2.31. The SMILES string of the molecule is CCOc1cc(C2C(C(=O)c3cc4ccccc4o3)=C(O)C(=O)N2c2nc3ccc(C)cc3s2)ccc1O. The fourth-order valence-electron chi connectivity index (χ4n) is 4.67. The number of aromatic nitrogens is 1. The number of phenolic OH excluding ortho intramolecular Hbond substituents is 1. The molecule has 9 heteroatoms. The van der Waals surface area contributed by atoms with Gasteiger partial charge in [0.05, 0.1) is 28.4 Å². The van der Waals surface area contributed by atoms with Gasteiger partial charge in [-0.2, -0.15) is 0 Å². The molecule has 0 saturated heterocycles. The normalized spacial score (nSPS) is 15.7. The Morgan fingerprint density at radius 1 is 1.11 bits per heavy atom. The Bertz CT molecular complexity index is 1750. The second kappa shape index (κ2) is 9.04. The molecule has 1 aliphatic rings. The number of rotatable bonds is 6. The summed E-state index contributed by atoms with van der Waals surface area (Å²) in [5, 5.41) is 22.4. The van der Waals surface area contributed by atoms with E-state index in [2.05, 4.69) is 4.98 Å². The van der Waals surface area contributed by atoms with Crippen molar-refractivity contribution in [2.75, 3.05) is 11.5 Å². The van der Waals surface area contributed by atoms with Crippen molar-refractivity contribution in [3.8, 4) is 11.5 Å². The molecule has 0 spiro atoms. The predicted octanol–water partition coefficient (Wildman–Crippen LogP) is 6.24. The minimum atomic E-state index is -1.04. The number of carbonyl (C=O) groups excluding carboxylic acids is 2. The van der Waals surface area contributed by atoms with E-state index in [-0.39, 0.29) is 22.8 Å². The summed E-state index contributed by atoms with van der Waals surface area (Å²) in [4.78, 5) is 33.3. The first-order valence-electron chi connectivity index (χ1n) is 12.0. The summed E-state index contributed by atoms with van der Waals surface area (Å²) in [6.45, 7) is 4.04. The molecule has 1 atom stereocenters. The van der Waals surface area contributed by atoms with Gasteiger partial charge in [0.1, 0.15) is 5.58 Å². The molecule has 0 bridgehead atoms. The maximum Gasteiger partial charge on any atom is 0.296 e. The van der Waals surface area contributed by atoms with E-state index in [0.717, 1.165) is 15.6 Å². The Kier molecular flexibility index (Phi) is 5.65. The highest BCUT2D eigenvalue weighted by Gasteiger charge is 2.46. The third-order valence-corrected chi connectivity index (χ3v) is 7.46. The monoisotopic (exact) mass is 526 g/mol. The lowest BCUT2D eigenvalue weighted by Gasteiger charge is -2.24. The standard InChI is InChI=1S/C29H22N2O6S/c1-3-36-21-14-17(9-11-19(21)32)25-24(26(33)22-13-16-6-4-5-7-20(16)37-22)27(34)28(35)31(25)29-30-18-10-8-15(2)12-23(18)38-29/h4-14,25,32,34H,3H2,1-2H3. The highest BCUT2D eigenvalue weighted by Crippen LogP contribution is 2.46. The summed E-state index contributed by atoms with van der Waals surface area (Å²) in [6, 6.07) is 18.1. The van der Waals surface area contributed by atoms with Crippen molar-refractivity contribution in [2.45, 2.75) is 19.9 Å². The molecule has 1 aliphatic heterocycles. The van der Waals surface area contributed by atoms with Crippen LogP contribution >= 0.6 is 11.3 Å². The lowest BCUT2D eigenvalue weighted by atomic mass is 9.95. The molecule has 0 radical (unpaired) electrons. The maximum absolute atomic E-state index is 13.8. The number of furan rings is 1. The first-order chi connectivity index (χ1) is 18.4. The number of aliphatic hydroxyl groups excluding tert-OH is 1. The van der Waals surface area contributed by atoms with Crippen LogP contribution in [0.3, 0.4) is 0 Å². The highest BCUT2D eigenvalue weighted by molar-refractivity contribution is 7.22. The van der Waals surface area contributed by atoms with E-state index in [9.17, 15) is 19.8 Å². The van der Waals surface area contributed by atoms with E-state index in [1.165, 1.54) is 22.3 Å². The number of benzene rings is 3. The van der Waals surface area contributed by atoms with Gasteiger partial charge >= 0.3 is 0 Å². The van der Waals surface area contributed by atoms with E-state index < -0.39 is 23.5 Å². The maximum atomic E-state index is 13.8. The molecule has 1 amide bonds. The topological polar surface area (TPSA) is 113 Å². The van der Waals surface area contributed by atoms with Crippen LogP contribution in [-0.2, 0) is 4.79 Å². The van der Waals surface area contributed by atoms with Crippen LogP contribution in [0.1, 0.15) is 34.6 Å². The summed E-state index contributed by atoms with van der Waals surface area (Å²) in [7, 11) is 0. The Balaban J connectivity index is 1.53. The van der Waals surface area contributed by atoms with Gasteiger partial charge in [-0.15, -0.1) is 0 Å². The number of para-hydroxylation sites is 1. The number of hydrogen-bond acceptors (Lipinski definition) is 8. The molecule has 0 aliphatic carbocycles. The van der Waals surface area contributed by atoms with Crippen molar-refractivity contribution in [1.82, 2.24) is 4.98 Å². The molecule has 2 aromatic heterocycles. The van der Waals surface area contributed by atoms with Crippen molar-refractivity contribution in [3.05, 3.63) is 94.9 Å². The predicted molar refractivity (Wildman–Crippen MR) is 144 cm³/mol. The molecule has 5 aromatic rings. The van der Waals surface area contributed by atoms with E-state index in [1.54, 1.807) is 37.3 Å². The van der Waals surface area contributed by atoms with Gasteiger partial charge in [-0.1, -0.05) is 41.7 Å². The number of aryl methyl sites for hydroxylation is 1. The van der Waals surface area contributed by atoms with Crippen molar-refractivity contribution >= 4 is 49.3 Å². The quantitative estimate of drug-likeness (QED) is 0.252. The van der Waals surface area contributed by atoms with E-state index >= 15 is 0 Å². The molecule has 3 heterocycles. The average molecular weight is 527 g/mol. The van der Waals surface area contributed by atoms with Crippen molar-refractivity contribution in [2.24, 2.45) is 0 Å². The average Bonchev–Trinajstić information content (AvgIpc) is 3.59. The van der Waals surface area contributed by atoms with Gasteiger partial charge in [0.25, 0.3) is 5.91 Å². The number of amides is 1. The Morgan fingerprint density at radius 3 is 2.71 bits per heavy atom. The Morgan fingerprint density at radius 2 is 1.92 bits per heavy atom. The van der Waals surface area contributed by atoms with Gasteiger partial charge in [-0.3, -0.25) is 14.5 Å². The van der Waals surface area contributed by atoms with Gasteiger partial charge in [0.15, 0.2) is 28.1 Å². The molecule has 3 aromatic carbocycles. The lowest BCUT2D eigenvalue weighted by molar-refractivity contribution is -0.117. The number of ketones is 1. The Hall–Kier alpha value is -4.63. The molecule has 190 valence electrons. The molecule has 8 nitrogen and oxygen atoms in total. The molecular formula is C29H22N2O6S. The number of phenols is 1. The first kappa shape index (κ1) is 23.7. The van der Waals surface area contributed by atoms with Crippen LogP contribution in [0.4, 0.5) is 5.13 Å². The number of Topliss-reactive ketones (excluding diaryl/α,β-unsaturated/α-hetero) is 1. The molecule has 6 rings (SSSR count). The van der Waals surface area contributed by atoms with Crippen LogP contribution in [0.5, 0.6) is 11.5 Å². The van der Waals surface area contributed by atoms with Crippen LogP contribution in [-0.4, -0.2) is 33.5 Å². The molecule has 2 N–H and O–H groups in total. The van der Waals surface area contributed by atoms with Crippen LogP contribution in [0, 0.1) is 6.92 Å². The molecular weight excluding hydrogens is 504 g/mol. The largest absolute Gasteiger partial charge is 0.504 e. The van der Waals surface area contributed by atoms with Crippen molar-refractivity contribution in [1.29, 1.82) is 0 Å². The van der Waals surface area contributed by atoms with Gasteiger partial charge in [0, 0.05) is 5.39 Å². The second-order valence-electron chi connectivity index (χ2n) is 8.95. The van der Waals surface area contributed by atoms with Gasteiger partial charge in [0.2, 0.25) is 5.78 Å². The summed E-state index contributed by atoms with van der Waals surface area (Å²) in [5.41, 5.74) is 2.56. The van der Waals surface area contributed by atoms with Crippen LogP contribution in [0.15, 0.2) is 82.5 Å². The zero-order chi connectivity index (χ0) is 26.6. The number of fused-ring (bicyclic) bond motifs is 2. The minimum Gasteiger partial charge on any atom is -0.504 e. The number of thiazole rings is 1. The zero-order valence-corrected chi connectivity index (χ0v) is 21.3. The number of aliphatic hydroxyl groups is 1. The van der Waals surface area contributed by atoms with Crippen molar-refractivity contribution in [3.63, 3.8) is 0 Å². The molecule has 38 heavy (non-hydrogen) atoms. The Labute approximate surface area is 221 Å². The number of anilines is 1. The van der Waals surface area contributed by atoms with E-state index in [1.807, 2.05) is 37.3 Å². The smallest absolute Gasteiger partial charge is 0.296 e. The highest BCUT2D eigenvalue weighted by atomic mass is 32.1. The third-order valence-electron chi connectivity index (χ3n) is 6.44. The van der Waals surface area contributed by atoms with Gasteiger partial charge < -0.3 is 19.4 Å². The second-order valence-corrected chi connectivity index (χ2v) is 9.95. The van der Waals surface area contributed by atoms with Crippen molar-refractivity contribution < 1.29 is 29.0 Å². The summed E-state index contributed by atoms with van der Waals surface area (Å²) < 4.78 is 12.2. The summed E-state index contributed by atoms with van der Waals surface area (Å²) in [6.07, 6.45) is 0. The van der Waals surface area contributed by atoms with Gasteiger partial charge in [-0.25, -0.2) is 4.98 Å². The van der Waals surface area contributed by atoms with Crippen LogP contribution < -0.4 is 9.64 Å². The number of aromatic hydroxyl groups is 1. The van der Waals surface area contributed by atoms with E-state index in [0.29, 0.717) is 28.4 Å². The summed E-state index contributed by atoms with van der Waals surface area (Å²) >= 11 is 1.28. The number of hydrogen-bond donors (Lipinski definition) is 2. The molecule has 0 fully saturated rings. The van der Waals surface area contributed by atoms with E-state index in [4.69, 9.17) is 9.15 Å². The zero-order valence-electron chi connectivity index (χ0n) is 20.5. The van der Waals surface area contributed by atoms with Crippen LogP contribution in [0.2, 0.25) is 0 Å². The number of carbonyl (C=O) groups is 2. The third kappa shape index (κ3) is 3.79. The van der Waals surface area contributed by atoms with Gasteiger partial charge in [-0.05, 0) is 61.4 Å². The number of ether oxygens (including phenoxy) is 1. The summed E-state index contributed by atoms with van der Waals surface area (Å²) in [5.74, 6) is -1.95. The molecule has 0 saturated carbocycles. The number of nitrogens with zero attached hydrogens (tertiary/aromatic N) is 2.